The molecular weight excluding hydrogens is 232 g/mol. The molecule has 1 rings (SSSR count). The van der Waals surface area contributed by atoms with Gasteiger partial charge in [0, 0.05) is 25.3 Å². The van der Waals surface area contributed by atoms with E-state index in [1.807, 2.05) is 7.05 Å². The molecule has 0 aromatic heterocycles. The third kappa shape index (κ3) is 5.25. The topological polar surface area (TPSA) is 66.6 Å². The van der Waals surface area contributed by atoms with Crippen LogP contribution in [0.15, 0.2) is 24.3 Å². The van der Waals surface area contributed by atoms with Gasteiger partial charge in [-0.2, -0.15) is 0 Å². The minimum absolute atomic E-state index is 0.129. The van der Waals surface area contributed by atoms with Crippen molar-refractivity contribution in [1.82, 2.24) is 4.90 Å². The Morgan fingerprint density at radius 3 is 2.44 bits per heavy atom. The SMILES string of the molecule is CN(CCCCCO)Cc1ccc([N+](=O)[O-])cc1. The van der Waals surface area contributed by atoms with E-state index in [0.29, 0.717) is 0 Å². The van der Waals surface area contributed by atoms with Gasteiger partial charge in [0.15, 0.2) is 0 Å². The van der Waals surface area contributed by atoms with Crippen LogP contribution in [0.3, 0.4) is 0 Å². The van der Waals surface area contributed by atoms with Crippen molar-refractivity contribution in [2.45, 2.75) is 25.8 Å². The Balaban J connectivity index is 2.35. The third-order valence-electron chi connectivity index (χ3n) is 2.80. The first-order valence-corrected chi connectivity index (χ1v) is 6.16. The molecule has 0 fully saturated rings. The highest BCUT2D eigenvalue weighted by molar-refractivity contribution is 5.32. The summed E-state index contributed by atoms with van der Waals surface area (Å²) in [4.78, 5) is 12.3. The zero-order valence-corrected chi connectivity index (χ0v) is 10.7. The lowest BCUT2D eigenvalue weighted by molar-refractivity contribution is -0.384. The highest BCUT2D eigenvalue weighted by atomic mass is 16.6. The molecule has 18 heavy (non-hydrogen) atoms. The zero-order chi connectivity index (χ0) is 13.4. The standard InChI is InChI=1S/C13H20N2O3/c1-14(9-3-2-4-10-16)11-12-5-7-13(8-6-12)15(17)18/h5-8,16H,2-4,9-11H2,1H3. The van der Waals surface area contributed by atoms with Crippen molar-refractivity contribution < 1.29 is 10.0 Å². The van der Waals surface area contributed by atoms with Gasteiger partial charge in [-0.15, -0.1) is 0 Å². The van der Waals surface area contributed by atoms with Gasteiger partial charge in [0.1, 0.15) is 0 Å². The van der Waals surface area contributed by atoms with Gasteiger partial charge < -0.3 is 10.0 Å². The number of hydrogen-bond donors (Lipinski definition) is 1. The van der Waals surface area contributed by atoms with E-state index >= 15 is 0 Å². The smallest absolute Gasteiger partial charge is 0.269 e. The van der Waals surface area contributed by atoms with E-state index in [1.165, 1.54) is 12.1 Å². The fraction of sp³-hybridized carbons (Fsp3) is 0.538. The molecular formula is C13H20N2O3. The van der Waals surface area contributed by atoms with E-state index in [4.69, 9.17) is 5.11 Å². The number of nitro groups is 1. The number of aliphatic hydroxyl groups excluding tert-OH is 1. The lowest BCUT2D eigenvalue weighted by Crippen LogP contribution is -2.19. The Labute approximate surface area is 107 Å². The molecule has 0 aliphatic carbocycles. The van der Waals surface area contributed by atoms with Crippen molar-refractivity contribution in [3.8, 4) is 0 Å². The predicted octanol–water partition coefficient (Wildman–Crippen LogP) is 2.19. The van der Waals surface area contributed by atoms with Crippen molar-refractivity contribution in [3.05, 3.63) is 39.9 Å². The van der Waals surface area contributed by atoms with Gasteiger partial charge in [0.25, 0.3) is 5.69 Å². The van der Waals surface area contributed by atoms with Crippen molar-refractivity contribution >= 4 is 5.69 Å². The Hall–Kier alpha value is -1.46. The van der Waals surface area contributed by atoms with Crippen LogP contribution in [0, 0.1) is 10.1 Å². The quantitative estimate of drug-likeness (QED) is 0.437. The van der Waals surface area contributed by atoms with Gasteiger partial charge in [0.2, 0.25) is 0 Å². The molecule has 5 nitrogen and oxygen atoms in total. The Kier molecular flexibility index (Phi) is 6.32. The van der Waals surface area contributed by atoms with Gasteiger partial charge in [-0.05, 0) is 38.4 Å². The monoisotopic (exact) mass is 252 g/mol. The molecule has 0 unspecified atom stereocenters. The van der Waals surface area contributed by atoms with Crippen LogP contribution in [0.2, 0.25) is 0 Å². The number of nitrogens with zero attached hydrogens (tertiary/aromatic N) is 2. The van der Waals surface area contributed by atoms with Gasteiger partial charge >= 0.3 is 0 Å². The molecule has 5 heteroatoms. The average Bonchev–Trinajstić information content (AvgIpc) is 2.35. The fourth-order valence-corrected chi connectivity index (χ4v) is 1.78. The lowest BCUT2D eigenvalue weighted by Gasteiger charge is -2.16. The molecule has 0 saturated carbocycles. The van der Waals surface area contributed by atoms with Crippen molar-refractivity contribution in [1.29, 1.82) is 0 Å². The molecule has 0 spiro atoms. The molecule has 0 aliphatic heterocycles. The van der Waals surface area contributed by atoms with Crippen LogP contribution in [0.5, 0.6) is 0 Å². The molecule has 0 radical (unpaired) electrons. The average molecular weight is 252 g/mol. The fourth-order valence-electron chi connectivity index (χ4n) is 1.78. The van der Waals surface area contributed by atoms with Gasteiger partial charge in [-0.25, -0.2) is 0 Å². The van der Waals surface area contributed by atoms with Crippen LogP contribution in [-0.2, 0) is 6.54 Å². The highest BCUT2D eigenvalue weighted by Gasteiger charge is 2.05. The van der Waals surface area contributed by atoms with Crippen LogP contribution >= 0.6 is 0 Å². The van der Waals surface area contributed by atoms with Crippen molar-refractivity contribution in [2.24, 2.45) is 0 Å². The second-order valence-electron chi connectivity index (χ2n) is 4.45. The summed E-state index contributed by atoms with van der Waals surface area (Å²) in [5.74, 6) is 0. The van der Waals surface area contributed by atoms with E-state index in [9.17, 15) is 10.1 Å². The van der Waals surface area contributed by atoms with Gasteiger partial charge in [-0.3, -0.25) is 10.1 Å². The highest BCUT2D eigenvalue weighted by Crippen LogP contribution is 2.13. The third-order valence-corrected chi connectivity index (χ3v) is 2.80. The first-order valence-electron chi connectivity index (χ1n) is 6.16. The van der Waals surface area contributed by atoms with Crippen LogP contribution in [0.4, 0.5) is 5.69 Å². The maximum atomic E-state index is 10.5. The summed E-state index contributed by atoms with van der Waals surface area (Å²) in [5, 5.41) is 19.2. The van der Waals surface area contributed by atoms with Crippen LogP contribution in [-0.4, -0.2) is 35.1 Å². The van der Waals surface area contributed by atoms with Gasteiger partial charge in [-0.1, -0.05) is 12.1 Å². The first-order chi connectivity index (χ1) is 8.63. The first kappa shape index (κ1) is 14.6. The van der Waals surface area contributed by atoms with E-state index in [2.05, 4.69) is 4.90 Å². The predicted molar refractivity (Wildman–Crippen MR) is 70.4 cm³/mol. The van der Waals surface area contributed by atoms with Crippen LogP contribution < -0.4 is 0 Å². The van der Waals surface area contributed by atoms with Crippen LogP contribution in [0.25, 0.3) is 0 Å². The number of hydrogen-bond acceptors (Lipinski definition) is 4. The molecule has 0 saturated heterocycles. The molecule has 0 heterocycles. The molecule has 1 aromatic carbocycles. The minimum atomic E-state index is -0.387. The summed E-state index contributed by atoms with van der Waals surface area (Å²) in [6.07, 6.45) is 2.94. The maximum absolute atomic E-state index is 10.5. The van der Waals surface area contributed by atoms with E-state index in [0.717, 1.165) is 37.9 Å². The van der Waals surface area contributed by atoms with E-state index in [-0.39, 0.29) is 17.2 Å². The molecule has 0 amide bonds. The molecule has 1 aromatic rings. The number of rotatable bonds is 8. The van der Waals surface area contributed by atoms with Crippen molar-refractivity contribution in [3.63, 3.8) is 0 Å². The summed E-state index contributed by atoms with van der Waals surface area (Å²) in [6.45, 7) is 2.01. The van der Waals surface area contributed by atoms with Crippen LogP contribution in [0.1, 0.15) is 24.8 Å². The second kappa shape index (κ2) is 7.79. The Morgan fingerprint density at radius 2 is 1.89 bits per heavy atom. The summed E-state index contributed by atoms with van der Waals surface area (Å²) in [5.41, 5.74) is 1.20. The number of nitro benzene ring substituents is 1. The number of unbranched alkanes of at least 4 members (excludes halogenated alkanes) is 2. The molecule has 0 aliphatic rings. The lowest BCUT2D eigenvalue weighted by atomic mass is 10.2. The largest absolute Gasteiger partial charge is 0.396 e. The maximum Gasteiger partial charge on any atom is 0.269 e. The second-order valence-corrected chi connectivity index (χ2v) is 4.45. The van der Waals surface area contributed by atoms with E-state index < -0.39 is 0 Å². The number of benzene rings is 1. The molecule has 0 atom stereocenters. The molecule has 0 bridgehead atoms. The summed E-state index contributed by atoms with van der Waals surface area (Å²) in [7, 11) is 2.03. The Morgan fingerprint density at radius 1 is 1.22 bits per heavy atom. The number of non-ortho nitro benzene ring substituents is 1. The van der Waals surface area contributed by atoms with Crippen molar-refractivity contribution in [2.75, 3.05) is 20.2 Å². The van der Waals surface area contributed by atoms with Gasteiger partial charge in [0.05, 0.1) is 4.92 Å². The molecule has 1 N–H and O–H groups in total. The summed E-state index contributed by atoms with van der Waals surface area (Å²) in [6, 6.07) is 6.66. The summed E-state index contributed by atoms with van der Waals surface area (Å²) < 4.78 is 0. The zero-order valence-electron chi connectivity index (χ0n) is 10.7. The van der Waals surface area contributed by atoms with E-state index in [1.54, 1.807) is 12.1 Å². The summed E-state index contributed by atoms with van der Waals surface area (Å²) >= 11 is 0. The number of aliphatic hydroxyl groups is 1. The normalized spacial score (nSPS) is 10.8. The Bertz CT molecular complexity index is 365. The minimum Gasteiger partial charge on any atom is -0.396 e. The molecule has 100 valence electrons.